The average Bonchev–Trinajstić information content (AvgIpc) is 3.33. The summed E-state index contributed by atoms with van der Waals surface area (Å²) in [5.41, 5.74) is -0.718. The largest absolute Gasteiger partial charge is 0.444 e. The number of carbonyl (C=O) groups excluding carboxylic acids is 5. The van der Waals surface area contributed by atoms with Crippen LogP contribution in [-0.4, -0.2) is 102 Å². The van der Waals surface area contributed by atoms with E-state index in [0.717, 1.165) is 28.3 Å². The SMILES string of the molecule is CN(C)S(=O)(=O)NC(=O)[C@@]12C[C@H]1/C=C\CCCCC[C@H](NC(=O)OC(C)(C)C)C(=O)N1C[C@H](OC(=O)N3Cc4cccc(Cl)c4C3)C[C@H]1C(=O)N2. The van der Waals surface area contributed by atoms with Crippen LogP contribution in [0.2, 0.25) is 5.02 Å². The van der Waals surface area contributed by atoms with Crippen molar-refractivity contribution >= 4 is 51.7 Å². The first-order valence-electron chi connectivity index (χ1n) is 17.2. The van der Waals surface area contributed by atoms with Gasteiger partial charge in [-0.05, 0) is 63.6 Å². The number of rotatable bonds is 5. The van der Waals surface area contributed by atoms with Crippen molar-refractivity contribution in [1.29, 1.82) is 0 Å². The number of carbonyl (C=O) groups is 5. The van der Waals surface area contributed by atoms with Crippen LogP contribution in [0.1, 0.15) is 76.8 Å². The predicted octanol–water partition coefficient (Wildman–Crippen LogP) is 2.97. The molecule has 1 aromatic rings. The molecule has 1 aromatic carbocycles. The van der Waals surface area contributed by atoms with Crippen molar-refractivity contribution in [1.82, 2.24) is 29.5 Å². The first-order valence-corrected chi connectivity index (χ1v) is 19.0. The van der Waals surface area contributed by atoms with Crippen molar-refractivity contribution in [2.75, 3.05) is 20.6 Å². The highest BCUT2D eigenvalue weighted by atomic mass is 35.5. The van der Waals surface area contributed by atoms with Gasteiger partial charge in [-0.3, -0.25) is 19.3 Å². The lowest BCUT2D eigenvalue weighted by Gasteiger charge is -2.30. The minimum absolute atomic E-state index is 0.0990. The zero-order chi connectivity index (χ0) is 37.3. The normalized spacial score (nSPS) is 27.6. The summed E-state index contributed by atoms with van der Waals surface area (Å²) in [5.74, 6) is -2.69. The number of halogens is 1. The fraction of sp³-hybridized carbons (Fsp3) is 0.618. The zero-order valence-electron chi connectivity index (χ0n) is 29.6. The Morgan fingerprint density at radius 1 is 1.10 bits per heavy atom. The van der Waals surface area contributed by atoms with Gasteiger partial charge in [0.25, 0.3) is 5.91 Å². The van der Waals surface area contributed by atoms with Crippen LogP contribution >= 0.6 is 11.6 Å². The van der Waals surface area contributed by atoms with Crippen LogP contribution in [-0.2, 0) is 47.2 Å². The minimum atomic E-state index is -4.18. The Kier molecular flexibility index (Phi) is 11.3. The molecule has 5 amide bonds. The molecule has 1 aliphatic carbocycles. The molecule has 5 atom stereocenters. The number of nitrogens with one attached hydrogen (secondary N) is 3. The Bertz CT molecular complexity index is 1700. The number of alkyl carbamates (subject to hydrolysis) is 1. The second-order valence-electron chi connectivity index (χ2n) is 14.7. The van der Waals surface area contributed by atoms with E-state index in [0.29, 0.717) is 17.9 Å². The van der Waals surface area contributed by atoms with E-state index in [1.54, 1.807) is 39.0 Å². The van der Waals surface area contributed by atoms with Crippen LogP contribution in [0.3, 0.4) is 0 Å². The summed E-state index contributed by atoms with van der Waals surface area (Å²) in [4.78, 5) is 71.0. The van der Waals surface area contributed by atoms with Crippen LogP contribution in [0.25, 0.3) is 0 Å². The molecule has 15 nitrogen and oxygen atoms in total. The molecule has 0 radical (unpaired) electrons. The lowest BCUT2D eigenvalue weighted by Crippen LogP contribution is -2.58. The quantitative estimate of drug-likeness (QED) is 0.381. The number of amides is 5. The van der Waals surface area contributed by atoms with Gasteiger partial charge in [0, 0.05) is 38.0 Å². The van der Waals surface area contributed by atoms with Crippen molar-refractivity contribution in [3.63, 3.8) is 0 Å². The van der Waals surface area contributed by atoms with Crippen molar-refractivity contribution < 1.29 is 41.9 Å². The maximum Gasteiger partial charge on any atom is 0.410 e. The van der Waals surface area contributed by atoms with Crippen LogP contribution in [0.4, 0.5) is 9.59 Å². The molecule has 1 saturated heterocycles. The number of nitrogens with zero attached hydrogens (tertiary/aromatic N) is 3. The van der Waals surface area contributed by atoms with E-state index in [4.69, 9.17) is 21.1 Å². The summed E-state index contributed by atoms with van der Waals surface area (Å²) in [5, 5.41) is 5.98. The van der Waals surface area contributed by atoms with Gasteiger partial charge in [-0.15, -0.1) is 0 Å². The van der Waals surface area contributed by atoms with E-state index in [1.807, 2.05) is 12.1 Å². The highest BCUT2D eigenvalue weighted by Gasteiger charge is 2.62. The molecular weight excluding hydrogens is 704 g/mol. The fourth-order valence-corrected chi connectivity index (χ4v) is 7.49. The number of ether oxygens (including phenoxy) is 2. The Morgan fingerprint density at radius 3 is 2.53 bits per heavy atom. The van der Waals surface area contributed by atoms with E-state index in [9.17, 15) is 32.4 Å². The number of hydrogen-bond donors (Lipinski definition) is 3. The third-order valence-electron chi connectivity index (χ3n) is 9.49. The van der Waals surface area contributed by atoms with Gasteiger partial charge in [0.1, 0.15) is 29.3 Å². The summed E-state index contributed by atoms with van der Waals surface area (Å²) in [7, 11) is -1.64. The third kappa shape index (κ3) is 8.95. The van der Waals surface area contributed by atoms with Crippen molar-refractivity contribution in [2.24, 2.45) is 5.92 Å². The highest BCUT2D eigenvalue weighted by Crippen LogP contribution is 2.46. The maximum atomic E-state index is 14.3. The molecule has 4 aliphatic rings. The second-order valence-corrected chi connectivity index (χ2v) is 17.0. The monoisotopic (exact) mass is 750 g/mol. The molecule has 0 bridgehead atoms. The minimum Gasteiger partial charge on any atom is -0.444 e. The molecule has 0 aromatic heterocycles. The summed E-state index contributed by atoms with van der Waals surface area (Å²) < 4.78 is 39.4. The van der Waals surface area contributed by atoms with Gasteiger partial charge in [0.05, 0.1) is 13.1 Å². The lowest BCUT2D eigenvalue weighted by atomic mass is 10.0. The molecule has 3 N–H and O–H groups in total. The van der Waals surface area contributed by atoms with E-state index in [-0.39, 0.29) is 38.9 Å². The van der Waals surface area contributed by atoms with Crippen LogP contribution in [0.15, 0.2) is 30.4 Å². The lowest BCUT2D eigenvalue weighted by molar-refractivity contribution is -0.141. The molecule has 2 fully saturated rings. The topological polar surface area (TPSA) is 184 Å². The number of fused-ring (bicyclic) bond motifs is 3. The van der Waals surface area contributed by atoms with Crippen molar-refractivity contribution in [3.05, 3.63) is 46.5 Å². The van der Waals surface area contributed by atoms with Crippen LogP contribution in [0.5, 0.6) is 0 Å². The van der Waals surface area contributed by atoms with Gasteiger partial charge in [-0.2, -0.15) is 12.7 Å². The number of hydrogen-bond acceptors (Lipinski definition) is 9. The Hall–Kier alpha value is -3.89. The van der Waals surface area contributed by atoms with Gasteiger partial charge in [-0.25, -0.2) is 14.3 Å². The first-order chi connectivity index (χ1) is 23.9. The zero-order valence-corrected chi connectivity index (χ0v) is 31.1. The molecule has 0 unspecified atom stereocenters. The molecule has 0 spiro atoms. The van der Waals surface area contributed by atoms with Gasteiger partial charge in [0.2, 0.25) is 11.8 Å². The first kappa shape index (κ1) is 38.3. The van der Waals surface area contributed by atoms with E-state index < -0.39 is 75.4 Å². The summed E-state index contributed by atoms with van der Waals surface area (Å²) >= 11 is 6.34. The standard InChI is InChI=1S/C34H47ClN6O9S/c1-33(2,3)50-31(45)36-26-15-10-8-6-7-9-13-22-17-34(22,30(44)38-51(47,48)39(4)5)37-28(42)27-16-23(19-41(27)29(26)43)49-32(46)40-18-21-12-11-14-25(35)24(21)20-40/h9,11-14,22-23,26-27H,6-8,10,15-20H2,1-5H3,(H,36,45)(H,37,42)(H,38,44)/b13-9-/t22-,23-,26+,27+,34-/m1/s1. The maximum absolute atomic E-state index is 14.3. The molecule has 51 heavy (non-hydrogen) atoms. The van der Waals surface area contributed by atoms with Crippen molar-refractivity contribution in [2.45, 2.75) is 108 Å². The Balaban J connectivity index is 1.41. The summed E-state index contributed by atoms with van der Waals surface area (Å²) in [6, 6.07) is 3.14. The number of benzene rings is 1. The third-order valence-corrected chi connectivity index (χ3v) is 11.2. The van der Waals surface area contributed by atoms with Gasteiger partial charge in [0.15, 0.2) is 0 Å². The smallest absolute Gasteiger partial charge is 0.410 e. The van der Waals surface area contributed by atoms with Gasteiger partial charge < -0.3 is 25.0 Å². The van der Waals surface area contributed by atoms with Crippen LogP contribution in [0, 0.1) is 5.92 Å². The molecule has 3 heterocycles. The van der Waals surface area contributed by atoms with E-state index in [2.05, 4.69) is 15.4 Å². The average molecular weight is 751 g/mol. The number of allylic oxidation sites excluding steroid dienone is 1. The van der Waals surface area contributed by atoms with Gasteiger partial charge in [-0.1, -0.05) is 48.7 Å². The van der Waals surface area contributed by atoms with E-state index in [1.165, 1.54) is 23.9 Å². The Morgan fingerprint density at radius 2 is 1.84 bits per heavy atom. The molecule has 3 aliphatic heterocycles. The molecule has 280 valence electrons. The summed E-state index contributed by atoms with van der Waals surface area (Å²) in [6.45, 7) is 5.45. The molecule has 1 saturated carbocycles. The van der Waals surface area contributed by atoms with Gasteiger partial charge >= 0.3 is 22.4 Å². The molecule has 5 rings (SSSR count). The fourth-order valence-electron chi connectivity index (χ4n) is 6.64. The van der Waals surface area contributed by atoms with Crippen LogP contribution < -0.4 is 15.4 Å². The molecule has 17 heteroatoms. The van der Waals surface area contributed by atoms with Crippen molar-refractivity contribution in [3.8, 4) is 0 Å². The predicted molar refractivity (Wildman–Crippen MR) is 186 cm³/mol. The summed E-state index contributed by atoms with van der Waals surface area (Å²) in [6.07, 6.45) is 4.38. The highest BCUT2D eigenvalue weighted by molar-refractivity contribution is 7.87. The Labute approximate surface area is 303 Å². The molecular formula is C34H47ClN6O9S. The van der Waals surface area contributed by atoms with E-state index >= 15 is 0 Å². The second kappa shape index (κ2) is 15.0.